The van der Waals surface area contributed by atoms with E-state index in [1.165, 1.54) is 23.5 Å². The van der Waals surface area contributed by atoms with Gasteiger partial charge in [0.1, 0.15) is 17.3 Å². The second-order valence-electron chi connectivity index (χ2n) is 5.69. The van der Waals surface area contributed by atoms with Gasteiger partial charge in [-0.1, -0.05) is 0 Å². The molecule has 1 aromatic carbocycles. The lowest BCUT2D eigenvalue weighted by Gasteiger charge is -2.12. The summed E-state index contributed by atoms with van der Waals surface area (Å²) in [6, 6.07) is 4.98. The first-order valence-corrected chi connectivity index (χ1v) is 8.39. The molecule has 3 rings (SSSR count). The van der Waals surface area contributed by atoms with E-state index in [2.05, 4.69) is 15.3 Å². The molecule has 7 heteroatoms. The number of hydrogen-bond donors (Lipinski definition) is 1. The summed E-state index contributed by atoms with van der Waals surface area (Å²) in [6.45, 7) is 5.26. The smallest absolute Gasteiger partial charge is 0.276 e. The number of carbonyl (C=O) groups excluding carboxylic acids is 1. The lowest BCUT2D eigenvalue weighted by atomic mass is 9.98. The predicted molar refractivity (Wildman–Crippen MR) is 93.9 cm³/mol. The van der Waals surface area contributed by atoms with Crippen LogP contribution in [-0.4, -0.2) is 15.9 Å². The summed E-state index contributed by atoms with van der Waals surface area (Å²) < 4.78 is 27.1. The second kappa shape index (κ2) is 6.68. The number of thiazole rings is 1. The molecule has 0 aliphatic carbocycles. The number of amides is 1. The molecule has 0 bridgehead atoms. The van der Waals surface area contributed by atoms with Crippen LogP contribution in [0.4, 0.5) is 13.9 Å². The maximum Gasteiger partial charge on any atom is 0.276 e. The van der Waals surface area contributed by atoms with Crippen molar-refractivity contribution in [3.63, 3.8) is 0 Å². The molecule has 4 nitrogen and oxygen atoms in total. The van der Waals surface area contributed by atoms with E-state index in [0.29, 0.717) is 27.5 Å². The van der Waals surface area contributed by atoms with Gasteiger partial charge in [-0.25, -0.2) is 18.7 Å². The first-order valence-electron chi connectivity index (χ1n) is 7.51. The van der Waals surface area contributed by atoms with Gasteiger partial charge in [0, 0.05) is 17.1 Å². The van der Waals surface area contributed by atoms with Gasteiger partial charge in [-0.3, -0.25) is 10.1 Å². The van der Waals surface area contributed by atoms with Crippen LogP contribution in [0.5, 0.6) is 0 Å². The zero-order valence-corrected chi connectivity index (χ0v) is 14.7. The standard InChI is InChI=1S/C18H15F2N3OS/c1-9-4-15(12-5-13(19)7-14(20)6-12)11(3)16(21-9)17(24)23-18-22-10(2)8-25-18/h4-8H,1-3H3,(H,22,23,24). The molecule has 1 N–H and O–H groups in total. The molecule has 128 valence electrons. The van der Waals surface area contributed by atoms with Crippen LogP contribution in [0.15, 0.2) is 29.6 Å². The zero-order valence-electron chi connectivity index (χ0n) is 13.9. The van der Waals surface area contributed by atoms with E-state index in [1.807, 2.05) is 12.3 Å². The van der Waals surface area contributed by atoms with Gasteiger partial charge in [-0.15, -0.1) is 11.3 Å². The molecular weight excluding hydrogens is 344 g/mol. The van der Waals surface area contributed by atoms with E-state index < -0.39 is 17.5 Å². The number of anilines is 1. The molecule has 0 aliphatic heterocycles. The van der Waals surface area contributed by atoms with Crippen molar-refractivity contribution in [2.45, 2.75) is 20.8 Å². The molecule has 3 aromatic rings. The third-order valence-electron chi connectivity index (χ3n) is 3.63. The fourth-order valence-corrected chi connectivity index (χ4v) is 3.22. The summed E-state index contributed by atoms with van der Waals surface area (Å²) in [5.74, 6) is -1.75. The Bertz CT molecular complexity index is 949. The highest BCUT2D eigenvalue weighted by atomic mass is 32.1. The Hall–Kier alpha value is -2.67. The summed E-state index contributed by atoms with van der Waals surface area (Å²) in [5, 5.41) is 5.01. The molecule has 0 saturated carbocycles. The van der Waals surface area contributed by atoms with Crippen LogP contribution in [0.25, 0.3) is 11.1 Å². The zero-order chi connectivity index (χ0) is 18.1. The van der Waals surface area contributed by atoms with Gasteiger partial charge in [0.25, 0.3) is 5.91 Å². The molecule has 2 aromatic heterocycles. The van der Waals surface area contributed by atoms with Crippen LogP contribution in [0, 0.1) is 32.4 Å². The summed E-state index contributed by atoms with van der Waals surface area (Å²) in [7, 11) is 0. The van der Waals surface area contributed by atoms with Crippen LogP contribution >= 0.6 is 11.3 Å². The van der Waals surface area contributed by atoms with Crippen molar-refractivity contribution in [3.8, 4) is 11.1 Å². The Morgan fingerprint density at radius 1 is 1.00 bits per heavy atom. The predicted octanol–water partition coefficient (Wildman–Crippen LogP) is 4.66. The van der Waals surface area contributed by atoms with Crippen molar-refractivity contribution >= 4 is 22.4 Å². The fourth-order valence-electron chi connectivity index (χ4n) is 2.54. The fraction of sp³-hybridized carbons (Fsp3) is 0.167. The van der Waals surface area contributed by atoms with Crippen LogP contribution in [0.2, 0.25) is 0 Å². The largest absolute Gasteiger partial charge is 0.296 e. The molecular formula is C18H15F2N3OS. The number of nitrogens with one attached hydrogen (secondary N) is 1. The average Bonchev–Trinajstić information content (AvgIpc) is 2.93. The topological polar surface area (TPSA) is 54.9 Å². The number of nitrogens with zero attached hydrogens (tertiary/aromatic N) is 2. The van der Waals surface area contributed by atoms with Crippen molar-refractivity contribution < 1.29 is 13.6 Å². The van der Waals surface area contributed by atoms with E-state index in [4.69, 9.17) is 0 Å². The number of aryl methyl sites for hydroxylation is 2. The lowest BCUT2D eigenvalue weighted by molar-refractivity contribution is 0.102. The van der Waals surface area contributed by atoms with Gasteiger partial charge in [-0.05, 0) is 55.7 Å². The highest BCUT2D eigenvalue weighted by Crippen LogP contribution is 2.28. The van der Waals surface area contributed by atoms with Gasteiger partial charge in [0.2, 0.25) is 0 Å². The monoisotopic (exact) mass is 359 g/mol. The molecule has 0 saturated heterocycles. The first kappa shape index (κ1) is 17.2. The van der Waals surface area contributed by atoms with Crippen LogP contribution < -0.4 is 5.32 Å². The molecule has 0 atom stereocenters. The molecule has 0 fully saturated rings. The molecule has 0 unspecified atom stereocenters. The summed E-state index contributed by atoms with van der Waals surface area (Å²) in [4.78, 5) is 21.0. The summed E-state index contributed by atoms with van der Waals surface area (Å²) in [5.41, 5.74) is 3.05. The quantitative estimate of drug-likeness (QED) is 0.740. The normalized spacial score (nSPS) is 10.8. The average molecular weight is 359 g/mol. The van der Waals surface area contributed by atoms with Gasteiger partial charge in [0.05, 0.1) is 5.69 Å². The highest BCUT2D eigenvalue weighted by molar-refractivity contribution is 7.13. The van der Waals surface area contributed by atoms with Crippen LogP contribution in [0.3, 0.4) is 0 Å². The minimum absolute atomic E-state index is 0.201. The third kappa shape index (κ3) is 3.71. The Kier molecular flexibility index (Phi) is 4.59. The Labute approximate surface area is 147 Å². The number of hydrogen-bond acceptors (Lipinski definition) is 4. The van der Waals surface area contributed by atoms with E-state index in [9.17, 15) is 13.6 Å². The van der Waals surface area contributed by atoms with E-state index in [0.717, 1.165) is 11.8 Å². The molecule has 1 amide bonds. The molecule has 2 heterocycles. The Morgan fingerprint density at radius 3 is 2.28 bits per heavy atom. The minimum atomic E-state index is -0.673. The Morgan fingerprint density at radius 2 is 1.68 bits per heavy atom. The highest BCUT2D eigenvalue weighted by Gasteiger charge is 2.18. The maximum atomic E-state index is 13.6. The number of pyridine rings is 1. The maximum absolute atomic E-state index is 13.6. The minimum Gasteiger partial charge on any atom is -0.296 e. The van der Waals surface area contributed by atoms with Crippen molar-refractivity contribution in [1.29, 1.82) is 0 Å². The van der Waals surface area contributed by atoms with Gasteiger partial charge in [0.15, 0.2) is 5.13 Å². The van der Waals surface area contributed by atoms with E-state index in [-0.39, 0.29) is 5.69 Å². The first-order chi connectivity index (χ1) is 11.8. The molecule has 25 heavy (non-hydrogen) atoms. The summed E-state index contributed by atoms with van der Waals surface area (Å²) in [6.07, 6.45) is 0. The number of aromatic nitrogens is 2. The molecule has 0 aliphatic rings. The second-order valence-corrected chi connectivity index (χ2v) is 6.55. The van der Waals surface area contributed by atoms with Gasteiger partial charge >= 0.3 is 0 Å². The number of carbonyl (C=O) groups is 1. The van der Waals surface area contributed by atoms with E-state index >= 15 is 0 Å². The molecule has 0 radical (unpaired) electrons. The SMILES string of the molecule is Cc1csc(NC(=O)c2nc(C)cc(-c3cc(F)cc(F)c3)c2C)n1. The number of rotatable bonds is 3. The number of benzene rings is 1. The number of halogens is 2. The third-order valence-corrected chi connectivity index (χ3v) is 4.50. The van der Waals surface area contributed by atoms with Crippen molar-refractivity contribution in [2.75, 3.05) is 5.32 Å². The molecule has 0 spiro atoms. The lowest BCUT2D eigenvalue weighted by Crippen LogP contribution is -2.16. The van der Waals surface area contributed by atoms with Crippen LogP contribution in [-0.2, 0) is 0 Å². The van der Waals surface area contributed by atoms with Gasteiger partial charge < -0.3 is 0 Å². The van der Waals surface area contributed by atoms with Crippen molar-refractivity contribution in [1.82, 2.24) is 9.97 Å². The van der Waals surface area contributed by atoms with Gasteiger partial charge in [-0.2, -0.15) is 0 Å². The Balaban J connectivity index is 2.03. The van der Waals surface area contributed by atoms with Crippen molar-refractivity contribution in [2.24, 2.45) is 0 Å². The van der Waals surface area contributed by atoms with Crippen molar-refractivity contribution in [3.05, 3.63) is 63.9 Å². The van der Waals surface area contributed by atoms with Crippen LogP contribution in [0.1, 0.15) is 27.4 Å². The van der Waals surface area contributed by atoms with E-state index in [1.54, 1.807) is 19.9 Å². The summed E-state index contributed by atoms with van der Waals surface area (Å²) >= 11 is 1.32.